The van der Waals surface area contributed by atoms with Crippen LogP contribution in [0.25, 0.3) is 11.5 Å². The summed E-state index contributed by atoms with van der Waals surface area (Å²) < 4.78 is 22.4. The fourth-order valence-corrected chi connectivity index (χ4v) is 3.79. The van der Waals surface area contributed by atoms with E-state index in [1.54, 1.807) is 61.8 Å². The molecule has 0 unspecified atom stereocenters. The van der Waals surface area contributed by atoms with Gasteiger partial charge in [-0.05, 0) is 44.2 Å². The molecule has 178 valence electrons. The van der Waals surface area contributed by atoms with Gasteiger partial charge in [0.2, 0.25) is 5.89 Å². The number of hydrogen-bond acceptors (Lipinski definition) is 10. The SMILES string of the molecule is COC[C@@H](C)Oc1cc(Oc2cccc(-c3nnc(C#N)o3)c2)cc(C(=O)Nc2ncc(C)s2)c1. The van der Waals surface area contributed by atoms with Gasteiger partial charge in [0.25, 0.3) is 5.91 Å². The molecule has 11 heteroatoms. The van der Waals surface area contributed by atoms with Crippen LogP contribution in [0.4, 0.5) is 5.13 Å². The molecule has 10 nitrogen and oxygen atoms in total. The lowest BCUT2D eigenvalue weighted by molar-refractivity contribution is 0.0916. The Bertz CT molecular complexity index is 1380. The van der Waals surface area contributed by atoms with Gasteiger partial charge in [0, 0.05) is 35.4 Å². The number of nitrogens with one attached hydrogen (secondary N) is 1. The number of aromatic nitrogens is 3. The summed E-state index contributed by atoms with van der Waals surface area (Å²) in [6.07, 6.45) is 1.44. The van der Waals surface area contributed by atoms with Gasteiger partial charge < -0.3 is 18.6 Å². The molecule has 0 spiro atoms. The number of aryl methyl sites for hydroxylation is 1. The molecule has 1 amide bonds. The van der Waals surface area contributed by atoms with Crippen molar-refractivity contribution in [2.24, 2.45) is 0 Å². The zero-order valence-electron chi connectivity index (χ0n) is 19.1. The highest BCUT2D eigenvalue weighted by Crippen LogP contribution is 2.31. The van der Waals surface area contributed by atoms with E-state index in [2.05, 4.69) is 20.5 Å². The van der Waals surface area contributed by atoms with Gasteiger partial charge in [-0.1, -0.05) is 11.2 Å². The topological polar surface area (TPSA) is 132 Å². The van der Waals surface area contributed by atoms with Gasteiger partial charge in [-0.2, -0.15) is 5.26 Å². The van der Waals surface area contributed by atoms with Crippen molar-refractivity contribution in [2.75, 3.05) is 19.0 Å². The van der Waals surface area contributed by atoms with Gasteiger partial charge in [0.1, 0.15) is 23.4 Å². The third-order valence-corrected chi connectivity index (χ3v) is 5.39. The first-order valence-corrected chi connectivity index (χ1v) is 11.3. The first-order valence-electron chi connectivity index (χ1n) is 10.5. The Labute approximate surface area is 205 Å². The molecule has 0 saturated carbocycles. The van der Waals surface area contributed by atoms with Crippen LogP contribution in [0.5, 0.6) is 17.2 Å². The summed E-state index contributed by atoms with van der Waals surface area (Å²) in [5, 5.41) is 19.7. The zero-order valence-corrected chi connectivity index (χ0v) is 20.0. The van der Waals surface area contributed by atoms with Gasteiger partial charge in [0.15, 0.2) is 11.2 Å². The van der Waals surface area contributed by atoms with E-state index in [9.17, 15) is 4.79 Å². The van der Waals surface area contributed by atoms with Gasteiger partial charge in [-0.15, -0.1) is 16.4 Å². The van der Waals surface area contributed by atoms with Gasteiger partial charge in [-0.25, -0.2) is 4.98 Å². The maximum Gasteiger partial charge on any atom is 0.321 e. The predicted molar refractivity (Wildman–Crippen MR) is 128 cm³/mol. The third kappa shape index (κ3) is 6.20. The molecule has 0 aliphatic heterocycles. The maximum atomic E-state index is 12.9. The van der Waals surface area contributed by atoms with E-state index in [-0.39, 0.29) is 23.8 Å². The van der Waals surface area contributed by atoms with Crippen LogP contribution in [-0.2, 0) is 4.74 Å². The smallest absolute Gasteiger partial charge is 0.321 e. The molecular weight excluding hydrogens is 470 g/mol. The monoisotopic (exact) mass is 491 g/mol. The highest BCUT2D eigenvalue weighted by molar-refractivity contribution is 7.15. The molecule has 0 aliphatic carbocycles. The number of methoxy groups -OCH3 is 1. The molecule has 1 atom stereocenters. The van der Waals surface area contributed by atoms with Gasteiger partial charge >= 0.3 is 5.89 Å². The normalized spacial score (nSPS) is 11.5. The molecule has 0 radical (unpaired) electrons. The van der Waals surface area contributed by atoms with E-state index in [4.69, 9.17) is 23.9 Å². The number of benzene rings is 2. The molecule has 0 saturated heterocycles. The average molecular weight is 492 g/mol. The molecular formula is C24H21N5O5S. The Morgan fingerprint density at radius 2 is 2.03 bits per heavy atom. The van der Waals surface area contributed by atoms with Crippen LogP contribution < -0.4 is 14.8 Å². The molecule has 2 heterocycles. The van der Waals surface area contributed by atoms with Crippen molar-refractivity contribution in [2.45, 2.75) is 20.0 Å². The summed E-state index contributed by atoms with van der Waals surface area (Å²) in [6.45, 7) is 4.15. The summed E-state index contributed by atoms with van der Waals surface area (Å²) in [6, 6.07) is 13.7. The Kier molecular flexibility index (Phi) is 7.35. The van der Waals surface area contributed by atoms with Gasteiger partial charge in [-0.3, -0.25) is 10.1 Å². The Morgan fingerprint density at radius 3 is 2.74 bits per heavy atom. The molecule has 0 aliphatic rings. The molecule has 0 fully saturated rings. The van der Waals surface area contributed by atoms with Crippen LogP contribution in [-0.4, -0.2) is 40.9 Å². The van der Waals surface area contributed by atoms with Crippen LogP contribution in [0.2, 0.25) is 0 Å². The number of ether oxygens (including phenoxy) is 3. The van der Waals surface area contributed by atoms with Crippen LogP contribution in [0, 0.1) is 18.3 Å². The minimum Gasteiger partial charge on any atom is -0.488 e. The van der Waals surface area contributed by atoms with Crippen molar-refractivity contribution >= 4 is 22.4 Å². The summed E-state index contributed by atoms with van der Waals surface area (Å²) in [5.41, 5.74) is 0.913. The van der Waals surface area contributed by atoms with Crippen molar-refractivity contribution in [3.63, 3.8) is 0 Å². The highest BCUT2D eigenvalue weighted by Gasteiger charge is 2.15. The maximum absolute atomic E-state index is 12.9. The predicted octanol–water partition coefficient (Wildman–Crippen LogP) is 4.83. The number of nitriles is 1. The largest absolute Gasteiger partial charge is 0.488 e. The number of hydrogen-bond donors (Lipinski definition) is 1. The lowest BCUT2D eigenvalue weighted by atomic mass is 10.1. The number of rotatable bonds is 9. The first-order chi connectivity index (χ1) is 16.9. The van der Waals surface area contributed by atoms with Crippen molar-refractivity contribution in [1.29, 1.82) is 5.26 Å². The minimum absolute atomic E-state index is 0.132. The van der Waals surface area contributed by atoms with Crippen LogP contribution in [0.15, 0.2) is 53.1 Å². The molecule has 35 heavy (non-hydrogen) atoms. The number of thiazole rings is 1. The highest BCUT2D eigenvalue weighted by atomic mass is 32.1. The fourth-order valence-electron chi connectivity index (χ4n) is 3.13. The summed E-state index contributed by atoms with van der Waals surface area (Å²) in [5.74, 6) is 0.997. The second-order valence-electron chi connectivity index (χ2n) is 7.46. The molecule has 4 rings (SSSR count). The second kappa shape index (κ2) is 10.8. The van der Waals surface area contributed by atoms with E-state index in [0.717, 1.165) is 4.88 Å². The second-order valence-corrected chi connectivity index (χ2v) is 8.70. The lowest BCUT2D eigenvalue weighted by Crippen LogP contribution is -2.18. The van der Waals surface area contributed by atoms with E-state index >= 15 is 0 Å². The van der Waals surface area contributed by atoms with Crippen molar-refractivity contribution in [3.05, 3.63) is 65.0 Å². The molecule has 2 aromatic carbocycles. The number of nitrogens with zero attached hydrogens (tertiary/aromatic N) is 4. The van der Waals surface area contributed by atoms with Crippen LogP contribution in [0.1, 0.15) is 28.0 Å². The number of amides is 1. The minimum atomic E-state index is -0.349. The molecule has 0 bridgehead atoms. The van der Waals surface area contributed by atoms with Gasteiger partial charge in [0.05, 0.1) is 6.61 Å². The first kappa shape index (κ1) is 23.9. The summed E-state index contributed by atoms with van der Waals surface area (Å²) in [7, 11) is 1.59. The zero-order chi connectivity index (χ0) is 24.8. The van der Waals surface area contributed by atoms with E-state index in [1.807, 2.05) is 13.8 Å². The number of carbonyl (C=O) groups is 1. The van der Waals surface area contributed by atoms with E-state index < -0.39 is 0 Å². The third-order valence-electron chi connectivity index (χ3n) is 4.56. The average Bonchev–Trinajstić information content (AvgIpc) is 3.48. The standard InChI is InChI=1S/C24H21N5O5S/c1-14(13-31-3)32-19-8-17(22(30)27-24-26-12-15(2)35-24)9-20(10-19)33-18-6-4-5-16(7-18)23-29-28-21(11-25)34-23/h4-10,12,14H,13H2,1-3H3,(H,26,27,30)/t14-/m1/s1. The van der Waals surface area contributed by atoms with Crippen LogP contribution >= 0.6 is 11.3 Å². The lowest BCUT2D eigenvalue weighted by Gasteiger charge is -2.16. The number of carbonyl (C=O) groups excluding carboxylic acids is 1. The van der Waals surface area contributed by atoms with E-state index in [0.29, 0.717) is 40.1 Å². The van der Waals surface area contributed by atoms with Crippen molar-refractivity contribution in [3.8, 4) is 34.8 Å². The summed E-state index contributed by atoms with van der Waals surface area (Å²) >= 11 is 1.38. The molecule has 1 N–H and O–H groups in total. The number of anilines is 1. The van der Waals surface area contributed by atoms with Crippen molar-refractivity contribution in [1.82, 2.24) is 15.2 Å². The quantitative estimate of drug-likeness (QED) is 0.349. The van der Waals surface area contributed by atoms with Crippen molar-refractivity contribution < 1.29 is 23.4 Å². The summed E-state index contributed by atoms with van der Waals surface area (Å²) in [4.78, 5) is 18.1. The molecule has 2 aromatic heterocycles. The van der Waals surface area contributed by atoms with E-state index in [1.165, 1.54) is 11.3 Å². The Balaban J connectivity index is 1.61. The Morgan fingerprint density at radius 1 is 1.20 bits per heavy atom. The fraction of sp³-hybridized carbons (Fsp3) is 0.208. The molecule has 4 aromatic rings. The van der Waals surface area contributed by atoms with Crippen LogP contribution in [0.3, 0.4) is 0 Å². The Hall–Kier alpha value is -4.27.